The number of carbonyl (C=O) groups is 6. The number of anilines is 3. The molecular weight excluding hydrogens is 1360 g/mol. The van der Waals surface area contributed by atoms with Crippen LogP contribution in [-0.2, 0) is 65.3 Å². The summed E-state index contributed by atoms with van der Waals surface area (Å²) in [5, 5.41) is 40.9. The summed E-state index contributed by atoms with van der Waals surface area (Å²) in [6, 6.07) is 24.2. The lowest BCUT2D eigenvalue weighted by molar-refractivity contribution is -0.123. The molecule has 0 saturated heterocycles. The molecule has 0 aliphatic carbocycles. The van der Waals surface area contributed by atoms with Gasteiger partial charge < -0.3 is 55.0 Å². The molecule has 0 unspecified atom stereocenters. The Morgan fingerprint density at radius 3 is 1.35 bits per heavy atom. The van der Waals surface area contributed by atoms with Crippen molar-refractivity contribution in [3.05, 3.63) is 150 Å². The molecule has 0 radical (unpaired) electrons. The Bertz CT molecular complexity index is 4910. The lowest BCUT2D eigenvalue weighted by atomic mass is 10.0. The molecule has 3 aromatic carbocycles. The van der Waals surface area contributed by atoms with Gasteiger partial charge in [-0.3, -0.25) is 33.8 Å². The summed E-state index contributed by atoms with van der Waals surface area (Å²) in [5.74, 6) is 0.00393. The van der Waals surface area contributed by atoms with E-state index in [1.54, 1.807) is 66.0 Å². The topological polar surface area (TPSA) is 413 Å². The molecule has 35 heteroatoms. The molecule has 6 aliphatic rings. The van der Waals surface area contributed by atoms with Gasteiger partial charge in [0, 0.05) is 99.9 Å². The highest BCUT2D eigenvalue weighted by Gasteiger charge is 2.33. The predicted molar refractivity (Wildman–Crippen MR) is 366 cm³/mol. The second kappa shape index (κ2) is 30.8. The first-order valence-corrected chi connectivity index (χ1v) is 35.0. The van der Waals surface area contributed by atoms with Crippen LogP contribution in [0.3, 0.4) is 0 Å². The van der Waals surface area contributed by atoms with E-state index in [1.165, 1.54) is 43.3 Å². The number of carbonyl (C=O) groups excluding carboxylic acids is 3. The number of pyridine rings is 3. The van der Waals surface area contributed by atoms with Gasteiger partial charge in [0.25, 0.3) is 61.3 Å². The van der Waals surface area contributed by atoms with Gasteiger partial charge in [0.1, 0.15) is 28.2 Å². The van der Waals surface area contributed by atoms with Crippen LogP contribution in [0, 0.1) is 0 Å². The maximum Gasteiger partial charge on any atom is 0.290 e. The van der Waals surface area contributed by atoms with Crippen molar-refractivity contribution in [1.29, 1.82) is 0 Å². The number of aromatic nitrogens is 9. The largest absolute Gasteiger partial charge is 0.483 e. The van der Waals surface area contributed by atoms with Crippen LogP contribution in [0.1, 0.15) is 48.8 Å². The van der Waals surface area contributed by atoms with Gasteiger partial charge >= 0.3 is 0 Å². The summed E-state index contributed by atoms with van der Waals surface area (Å²) in [7, 11) is -5.86. The molecular formula is C65H67N15O17S3. The summed E-state index contributed by atoms with van der Waals surface area (Å²) in [4.78, 5) is 81.3. The van der Waals surface area contributed by atoms with Gasteiger partial charge in [-0.2, -0.15) is 44.6 Å². The molecule has 0 bridgehead atoms. The van der Waals surface area contributed by atoms with Crippen molar-refractivity contribution in [2.24, 2.45) is 0 Å². The highest BCUT2D eigenvalue weighted by molar-refractivity contribution is 7.90. The van der Waals surface area contributed by atoms with Gasteiger partial charge in [-0.1, -0.05) is 18.2 Å². The number of carboxylic acid groups (broad SMARTS) is 3. The van der Waals surface area contributed by atoms with Crippen molar-refractivity contribution in [3.63, 3.8) is 0 Å². The number of hydrogen-bond acceptors (Lipinski definition) is 23. The first-order valence-electron chi connectivity index (χ1n) is 30.7. The van der Waals surface area contributed by atoms with Crippen molar-refractivity contribution in [2.45, 2.75) is 47.3 Å². The van der Waals surface area contributed by atoms with Crippen LogP contribution in [0.5, 0.6) is 11.5 Å². The molecule has 0 saturated carbocycles. The van der Waals surface area contributed by atoms with E-state index in [0.717, 1.165) is 104 Å². The zero-order valence-corrected chi connectivity index (χ0v) is 56.6. The number of nitrogens with one attached hydrogen (secondary N) is 2. The van der Waals surface area contributed by atoms with Crippen molar-refractivity contribution in [1.82, 2.24) is 57.2 Å². The Hall–Kier alpha value is -11.1. The zero-order valence-electron chi connectivity index (χ0n) is 54.1. The lowest BCUT2D eigenvalue weighted by Crippen LogP contribution is -2.25. The average Bonchev–Trinajstić information content (AvgIpc) is 1.59. The molecule has 6 aromatic heterocycles. The third kappa shape index (κ3) is 15.1. The van der Waals surface area contributed by atoms with Crippen LogP contribution < -0.4 is 25.0 Å². The van der Waals surface area contributed by atoms with Crippen molar-refractivity contribution in [2.75, 3.05) is 95.7 Å². The maximum absolute atomic E-state index is 13.6. The van der Waals surface area contributed by atoms with Crippen LogP contribution in [0.2, 0.25) is 0 Å². The van der Waals surface area contributed by atoms with E-state index in [9.17, 15) is 39.6 Å². The molecule has 12 heterocycles. The molecule has 6 aliphatic heterocycles. The van der Waals surface area contributed by atoms with Gasteiger partial charge in [0.2, 0.25) is 5.91 Å². The van der Waals surface area contributed by atoms with Crippen LogP contribution >= 0.6 is 0 Å². The number of amides is 3. The van der Waals surface area contributed by atoms with Gasteiger partial charge in [-0.15, -0.1) is 8.17 Å². The molecule has 0 fully saturated rings. The van der Waals surface area contributed by atoms with Crippen LogP contribution in [-0.4, -0.2) is 215 Å². The van der Waals surface area contributed by atoms with Gasteiger partial charge in [-0.05, 0) is 148 Å². The second-order valence-electron chi connectivity index (χ2n) is 23.0. The molecule has 0 atom stereocenters. The van der Waals surface area contributed by atoms with Gasteiger partial charge in [0.15, 0.2) is 24.5 Å². The molecule has 3 amide bonds. The van der Waals surface area contributed by atoms with Crippen molar-refractivity contribution in [3.8, 4) is 11.5 Å². The fourth-order valence-corrected chi connectivity index (χ4v) is 15.4. The Kier molecular flexibility index (Phi) is 22.0. The summed E-state index contributed by atoms with van der Waals surface area (Å²) in [6.07, 6.45) is 14.0. The number of fused-ring (bicyclic) bond motifs is 6. The molecule has 15 rings (SSSR count). The summed E-state index contributed by atoms with van der Waals surface area (Å²) >= 11 is 0. The van der Waals surface area contributed by atoms with E-state index >= 15 is 0 Å². The number of ether oxygens (including phenoxy) is 2. The van der Waals surface area contributed by atoms with E-state index in [0.29, 0.717) is 75.0 Å². The Morgan fingerprint density at radius 2 is 0.910 bits per heavy atom. The third-order valence-corrected chi connectivity index (χ3v) is 21.2. The van der Waals surface area contributed by atoms with Gasteiger partial charge in [0.05, 0.1) is 37.4 Å². The fourth-order valence-electron chi connectivity index (χ4n) is 11.5. The van der Waals surface area contributed by atoms with E-state index in [1.807, 2.05) is 26.2 Å². The molecule has 32 nitrogen and oxygen atoms in total. The molecule has 522 valence electrons. The molecule has 9 aromatic rings. The standard InChI is InChI=1S/C22H23N5O3S.2C20H19N5O4S.3CH2O2/c1-15(28)26-13-9-17-14-18(5-6-20(17)26)31(29,30)27-22-19(4-3-10-23-22)21(24-27)16-7-11-25(2)12-8-16;1-24-9-6-13(7-10-24)19-20-16(3-2-8-21-20)25(23-19)30(27,28)14-4-5-15-17(11-14)29-12-18(26)22-15;1-24-9-6-13(7-10-24)19-15-3-2-8-21-20(15)25(23-19)30(27,28)14-4-5-16-17(11-14)29-12-18(26)22-16;3*2-1-3/h3-7,10,14H,8-9,11-13H2,1-2H3;2*2-6,8,11H,7,9-10,12H2,1H3,(H,22,26);3*1H,(H,2,3). The number of hydrogen-bond donors (Lipinski definition) is 5. The zero-order chi connectivity index (χ0) is 71.6. The van der Waals surface area contributed by atoms with Gasteiger partial charge in [-0.25, -0.2) is 9.97 Å². The Labute approximate surface area is 572 Å². The maximum atomic E-state index is 13.6. The first kappa shape index (κ1) is 71.7. The first-order chi connectivity index (χ1) is 48.0. The minimum Gasteiger partial charge on any atom is -0.483 e. The third-order valence-electron chi connectivity index (χ3n) is 16.5. The highest BCUT2D eigenvalue weighted by atomic mass is 32.2. The quantitative estimate of drug-likeness (QED) is 0.121. The number of nitrogens with zero attached hydrogens (tertiary/aromatic N) is 13. The number of likely N-dealkylation sites (N-methyl/N-ethyl adjacent to an activating group) is 3. The SMILES string of the molecule is CC(=O)N1CCc2cc(S(=O)(=O)n3nc(C4=CCN(C)CC4)c4cccnc43)ccc21.CN1CC=C(c2nn(S(=O)(=O)c3ccc4c(c3)OCC(=O)N4)c3cccnc23)CC1.CN1CC=C(c2nn(S(=O)(=O)c3ccc4c(c3)OCC(=O)N4)c3ncccc23)CC1.O=CO.O=CO.O=CO. The number of benzene rings is 3. The Balaban J connectivity index is 0.000000153. The van der Waals surface area contributed by atoms with E-state index in [4.69, 9.17) is 39.2 Å². The highest BCUT2D eigenvalue weighted by Crippen LogP contribution is 2.38. The van der Waals surface area contributed by atoms with E-state index < -0.39 is 30.1 Å². The summed E-state index contributed by atoms with van der Waals surface area (Å²) in [6.45, 7) is 6.01. The van der Waals surface area contributed by atoms with Crippen LogP contribution in [0.25, 0.3) is 49.8 Å². The van der Waals surface area contributed by atoms with E-state index in [-0.39, 0.29) is 70.7 Å². The fraction of sp³-hybridized carbons (Fsp3) is 0.262. The molecule has 100 heavy (non-hydrogen) atoms. The normalized spacial score (nSPS) is 16.0. The van der Waals surface area contributed by atoms with Crippen molar-refractivity contribution < 1.29 is 78.8 Å². The van der Waals surface area contributed by atoms with Crippen LogP contribution in [0.4, 0.5) is 17.1 Å². The minimum atomic E-state index is -4.03. The van der Waals surface area contributed by atoms with E-state index in [2.05, 4.69) is 80.9 Å². The summed E-state index contributed by atoms with van der Waals surface area (Å²) < 4.78 is 94.7. The summed E-state index contributed by atoms with van der Waals surface area (Å²) in [5.41, 5.74) is 8.99. The smallest absolute Gasteiger partial charge is 0.290 e. The van der Waals surface area contributed by atoms with Crippen molar-refractivity contribution >= 4 is 134 Å². The number of rotatable bonds is 9. The van der Waals surface area contributed by atoms with Crippen LogP contribution in [0.15, 0.2) is 143 Å². The minimum absolute atomic E-state index is 0.0105. The lowest BCUT2D eigenvalue weighted by Gasteiger charge is -2.21. The Morgan fingerprint density at radius 1 is 0.510 bits per heavy atom. The average molecular weight is 1430 g/mol. The second-order valence-corrected chi connectivity index (χ2v) is 28.3. The predicted octanol–water partition coefficient (Wildman–Crippen LogP) is 4.83. The monoisotopic (exact) mass is 1430 g/mol. The molecule has 5 N–H and O–H groups in total. The molecule has 0 spiro atoms.